The van der Waals surface area contributed by atoms with Crippen molar-refractivity contribution in [3.63, 3.8) is 0 Å². The van der Waals surface area contributed by atoms with Crippen molar-refractivity contribution in [2.45, 2.75) is 19.0 Å². The molecule has 2 N–H and O–H groups in total. The number of fused-ring (bicyclic) bond motifs is 1. The first kappa shape index (κ1) is 28.0. The number of ether oxygens (including phenoxy) is 1. The summed E-state index contributed by atoms with van der Waals surface area (Å²) in [6.45, 7) is -1.20. The molecule has 0 fully saturated rings. The van der Waals surface area contributed by atoms with Crippen LogP contribution in [-0.2, 0) is 14.5 Å². The number of alkyl halides is 5. The zero-order valence-electron chi connectivity index (χ0n) is 19.6. The maximum absolute atomic E-state index is 13.9. The molecule has 1 heterocycles. The number of halogens is 6. The molecular weight excluding hydrogens is 528 g/mol. The van der Waals surface area contributed by atoms with Gasteiger partial charge in [0.1, 0.15) is 23.7 Å². The van der Waals surface area contributed by atoms with Crippen LogP contribution in [0.25, 0.3) is 10.9 Å². The lowest BCUT2D eigenvalue weighted by molar-refractivity contribution is -0.278. The van der Waals surface area contributed by atoms with Gasteiger partial charge in [-0.3, -0.25) is 4.79 Å². The Morgan fingerprint density at radius 2 is 1.81 bits per heavy atom. The number of hydrogen-bond acceptors (Lipinski definition) is 7. The van der Waals surface area contributed by atoms with Crippen molar-refractivity contribution < 1.29 is 40.1 Å². The molecule has 0 aliphatic carbocycles. The first-order valence-electron chi connectivity index (χ1n) is 10.4. The molecule has 0 saturated heterocycles. The van der Waals surface area contributed by atoms with Crippen LogP contribution in [0.4, 0.5) is 43.5 Å². The number of anilines is 2. The van der Waals surface area contributed by atoms with Crippen LogP contribution in [0.15, 0.2) is 41.0 Å². The van der Waals surface area contributed by atoms with E-state index in [-0.39, 0.29) is 17.3 Å². The number of amides is 1. The van der Waals surface area contributed by atoms with Gasteiger partial charge >= 0.3 is 12.1 Å². The van der Waals surface area contributed by atoms with Gasteiger partial charge in [0.25, 0.3) is 5.91 Å². The molecule has 15 heteroatoms. The molecule has 1 aromatic heterocycles. The maximum atomic E-state index is 13.9. The zero-order valence-corrected chi connectivity index (χ0v) is 20.4. The van der Waals surface area contributed by atoms with Gasteiger partial charge in [0.15, 0.2) is 6.61 Å². The molecule has 2 aromatic carbocycles. The molecule has 0 bridgehead atoms. The molecule has 200 valence electrons. The number of nitrogens with one attached hydrogen (secondary N) is 2. The minimum Gasteiger partial charge on any atom is -0.481 e. The first-order valence-corrected chi connectivity index (χ1v) is 12.7. The van der Waals surface area contributed by atoms with Crippen molar-refractivity contribution in [1.82, 2.24) is 15.3 Å². The van der Waals surface area contributed by atoms with E-state index in [4.69, 9.17) is 4.74 Å². The third-order valence-electron chi connectivity index (χ3n) is 4.72. The van der Waals surface area contributed by atoms with E-state index in [0.29, 0.717) is 22.2 Å². The molecule has 0 saturated carbocycles. The predicted molar refractivity (Wildman–Crippen MR) is 126 cm³/mol. The average molecular weight is 549 g/mol. The normalized spacial score (nSPS) is 12.4. The van der Waals surface area contributed by atoms with Gasteiger partial charge in [-0.2, -0.15) is 26.3 Å². The molecule has 0 radical (unpaired) electrons. The second-order valence-electron chi connectivity index (χ2n) is 8.18. The summed E-state index contributed by atoms with van der Waals surface area (Å²) in [7, 11) is -2.43. The summed E-state index contributed by atoms with van der Waals surface area (Å²) in [5.41, 5.74) is 1.68. The van der Waals surface area contributed by atoms with Gasteiger partial charge in [0, 0.05) is 33.7 Å². The zero-order chi connectivity index (χ0) is 27.6. The number of nitrogens with zero attached hydrogens (tertiary/aromatic N) is 3. The van der Waals surface area contributed by atoms with Crippen LogP contribution < -0.4 is 15.4 Å². The Balaban J connectivity index is 1.83. The monoisotopic (exact) mass is 549 g/mol. The molecule has 3 rings (SSSR count). The maximum Gasteiger partial charge on any atom is 0.455 e. The summed E-state index contributed by atoms with van der Waals surface area (Å²) < 4.78 is 98.0. The van der Waals surface area contributed by atoms with Crippen LogP contribution >= 0.6 is 0 Å². The number of aryl methyl sites for hydroxylation is 1. The number of aromatic nitrogens is 2. The Morgan fingerprint density at radius 1 is 1.11 bits per heavy atom. The number of benzene rings is 2. The summed E-state index contributed by atoms with van der Waals surface area (Å²) >= 11 is 0. The Morgan fingerprint density at radius 3 is 2.46 bits per heavy atom. The van der Waals surface area contributed by atoms with Gasteiger partial charge in [0.05, 0.1) is 23.4 Å². The lowest BCUT2D eigenvalue weighted by atomic mass is 10.1. The van der Waals surface area contributed by atoms with Crippen molar-refractivity contribution in [2.75, 3.05) is 31.0 Å². The minimum atomic E-state index is -5.83. The number of rotatable bonds is 8. The van der Waals surface area contributed by atoms with Crippen LogP contribution in [0.2, 0.25) is 0 Å². The molecule has 0 aliphatic heterocycles. The van der Waals surface area contributed by atoms with Crippen LogP contribution in [0.3, 0.4) is 0 Å². The van der Waals surface area contributed by atoms with E-state index in [9.17, 15) is 35.3 Å². The topological polar surface area (TPSA) is 106 Å². The fourth-order valence-corrected chi connectivity index (χ4v) is 3.74. The molecule has 0 atom stereocenters. The lowest BCUT2D eigenvalue weighted by Crippen LogP contribution is -2.47. The van der Waals surface area contributed by atoms with Gasteiger partial charge in [-0.15, -0.1) is 0 Å². The molecule has 37 heavy (non-hydrogen) atoms. The highest BCUT2D eigenvalue weighted by molar-refractivity contribution is 7.92. The summed E-state index contributed by atoms with van der Waals surface area (Å²) in [5.74, 6) is -7.14. The predicted octanol–water partition coefficient (Wildman–Crippen LogP) is 4.87. The molecule has 0 aliphatic rings. The van der Waals surface area contributed by atoms with Gasteiger partial charge in [-0.25, -0.2) is 18.6 Å². The van der Waals surface area contributed by atoms with Crippen molar-refractivity contribution in [1.29, 1.82) is 0 Å². The fourth-order valence-electron chi connectivity index (χ4n) is 3.13. The van der Waals surface area contributed by atoms with Crippen LogP contribution in [0.1, 0.15) is 5.56 Å². The van der Waals surface area contributed by atoms with Crippen LogP contribution in [0, 0.1) is 12.7 Å². The Hall–Kier alpha value is -3.62. The molecule has 8 nitrogen and oxygen atoms in total. The van der Waals surface area contributed by atoms with Crippen molar-refractivity contribution in [3.05, 3.63) is 48.0 Å². The van der Waals surface area contributed by atoms with Gasteiger partial charge < -0.3 is 15.4 Å². The number of carbonyl (C=O) groups excluding carboxylic acids is 1. The van der Waals surface area contributed by atoms with Crippen molar-refractivity contribution in [3.8, 4) is 5.75 Å². The Bertz CT molecular complexity index is 1450. The average Bonchev–Trinajstić information content (AvgIpc) is 2.75. The minimum absolute atomic E-state index is 0.119. The van der Waals surface area contributed by atoms with E-state index in [1.807, 2.05) is 0 Å². The highest BCUT2D eigenvalue weighted by Crippen LogP contribution is 2.35. The Kier molecular flexibility index (Phi) is 7.86. The van der Waals surface area contributed by atoms with E-state index in [2.05, 4.69) is 19.6 Å². The summed E-state index contributed by atoms with van der Waals surface area (Å²) in [5, 5.41) is 4.90. The van der Waals surface area contributed by atoms with Gasteiger partial charge in [0.2, 0.25) is 0 Å². The van der Waals surface area contributed by atoms with E-state index < -0.39 is 46.7 Å². The molecule has 0 unspecified atom stereocenters. The van der Waals surface area contributed by atoms with Crippen LogP contribution in [0.5, 0.6) is 5.75 Å². The quantitative estimate of drug-likeness (QED) is 0.389. The third-order valence-corrected chi connectivity index (χ3v) is 5.37. The number of hydrogen-bond donors (Lipinski definition) is 2. The number of carbonyl (C=O) groups is 1. The van der Waals surface area contributed by atoms with Crippen LogP contribution in [-0.4, -0.2) is 57.8 Å². The SMILES string of the molecule is Cc1cc(N=S(C)(C)=O)cc2ncnc(Nc3ccc(F)cc3OCC(=O)NCC(F)(F)C(F)(F)F)c12. The highest BCUT2D eigenvalue weighted by Gasteiger charge is 2.57. The van der Waals surface area contributed by atoms with Gasteiger partial charge in [-0.1, -0.05) is 0 Å². The smallest absolute Gasteiger partial charge is 0.455 e. The standard InChI is InChI=1S/C22H21F6N5O3S/c1-12-6-14(33-37(2,3)35)8-16-19(12)20(31-11-30-16)32-15-5-4-13(23)7-17(15)36-9-18(34)29-10-21(24,25)22(26,27)28/h4-8,11H,9-10H2,1-3H3,(H,29,34)(H,30,31,32). The van der Waals surface area contributed by atoms with E-state index in [0.717, 1.165) is 12.1 Å². The summed E-state index contributed by atoms with van der Waals surface area (Å²) in [6.07, 6.45) is -1.63. The molecular formula is C22H21F6N5O3S. The second-order valence-corrected chi connectivity index (χ2v) is 10.7. The second kappa shape index (κ2) is 10.4. The Labute approximate surface area is 207 Å². The molecule has 0 spiro atoms. The molecule has 1 amide bonds. The van der Waals surface area contributed by atoms with Gasteiger partial charge in [-0.05, 0) is 36.8 Å². The fraction of sp³-hybridized carbons (Fsp3) is 0.318. The van der Waals surface area contributed by atoms with E-state index >= 15 is 0 Å². The van der Waals surface area contributed by atoms with Crippen molar-refractivity contribution in [2.24, 2.45) is 4.36 Å². The van der Waals surface area contributed by atoms with E-state index in [1.165, 1.54) is 30.2 Å². The first-order chi connectivity index (χ1) is 17.1. The summed E-state index contributed by atoms with van der Waals surface area (Å²) in [6, 6.07) is 6.51. The summed E-state index contributed by atoms with van der Waals surface area (Å²) in [4.78, 5) is 20.2. The third kappa shape index (κ3) is 7.21. The largest absolute Gasteiger partial charge is 0.481 e. The van der Waals surface area contributed by atoms with E-state index in [1.54, 1.807) is 19.1 Å². The molecule has 3 aromatic rings. The van der Waals surface area contributed by atoms with Crippen molar-refractivity contribution >= 4 is 43.7 Å². The lowest BCUT2D eigenvalue weighted by Gasteiger charge is -2.20. The highest BCUT2D eigenvalue weighted by atomic mass is 32.2.